The second-order valence-electron chi connectivity index (χ2n) is 5.83. The lowest BCUT2D eigenvalue weighted by molar-refractivity contribution is -0.0904. The molecule has 0 bridgehead atoms. The molecule has 0 aromatic rings. The van der Waals surface area contributed by atoms with Gasteiger partial charge in [0.05, 0.1) is 5.60 Å². The third-order valence-electron chi connectivity index (χ3n) is 4.52. The molecule has 1 atom stereocenters. The highest BCUT2D eigenvalue weighted by atomic mass is 16.5. The Labute approximate surface area is 120 Å². The van der Waals surface area contributed by atoms with Gasteiger partial charge in [0.15, 0.2) is 0 Å². The third kappa shape index (κ3) is 5.27. The second kappa shape index (κ2) is 9.55. The van der Waals surface area contributed by atoms with Gasteiger partial charge in [-0.05, 0) is 46.1 Å². The molecule has 0 aliphatic heterocycles. The van der Waals surface area contributed by atoms with Crippen molar-refractivity contribution >= 4 is 0 Å². The van der Waals surface area contributed by atoms with Crippen LogP contribution in [0.4, 0.5) is 0 Å². The maximum Gasteiger partial charge on any atom is 0.0834 e. The fourth-order valence-corrected chi connectivity index (χ4v) is 3.52. The Morgan fingerprint density at radius 2 is 1.95 bits per heavy atom. The van der Waals surface area contributed by atoms with Gasteiger partial charge < -0.3 is 10.1 Å². The van der Waals surface area contributed by atoms with Gasteiger partial charge in [0.25, 0.3) is 0 Å². The molecular weight excluding hydrogens is 234 g/mol. The summed E-state index contributed by atoms with van der Waals surface area (Å²) in [5.74, 6) is 0. The molecule has 1 aliphatic carbocycles. The normalized spacial score (nSPS) is 20.1. The number of ether oxygens (including phenoxy) is 1. The lowest BCUT2D eigenvalue weighted by Gasteiger charge is -2.43. The fraction of sp³-hybridized carbons (Fsp3) is 0.882. The summed E-state index contributed by atoms with van der Waals surface area (Å²) < 4.78 is 6.22. The third-order valence-corrected chi connectivity index (χ3v) is 4.52. The highest BCUT2D eigenvalue weighted by molar-refractivity contribution is 4.95. The first-order valence-electron chi connectivity index (χ1n) is 8.21. The Balaban J connectivity index is 2.45. The van der Waals surface area contributed by atoms with Crippen molar-refractivity contribution in [1.82, 2.24) is 5.32 Å². The highest BCUT2D eigenvalue weighted by Gasteiger charge is 2.39. The molecule has 2 nitrogen and oxygen atoms in total. The number of hydrogen-bond acceptors (Lipinski definition) is 2. The minimum Gasteiger partial charge on any atom is -0.374 e. The lowest BCUT2D eigenvalue weighted by atomic mass is 9.77. The molecular formula is C17H33NO. The van der Waals surface area contributed by atoms with Gasteiger partial charge in [0, 0.05) is 12.6 Å². The van der Waals surface area contributed by atoms with Crippen LogP contribution in [0.2, 0.25) is 0 Å². The van der Waals surface area contributed by atoms with E-state index in [1.54, 1.807) is 0 Å². The smallest absolute Gasteiger partial charge is 0.0834 e. The van der Waals surface area contributed by atoms with Crippen LogP contribution in [0.1, 0.15) is 71.1 Å². The average Bonchev–Trinajstić information content (AvgIpc) is 2.44. The molecule has 0 heterocycles. The van der Waals surface area contributed by atoms with E-state index in [-0.39, 0.29) is 5.60 Å². The van der Waals surface area contributed by atoms with Crippen molar-refractivity contribution in [3.05, 3.63) is 12.7 Å². The first-order chi connectivity index (χ1) is 9.29. The van der Waals surface area contributed by atoms with Gasteiger partial charge in [-0.25, -0.2) is 0 Å². The van der Waals surface area contributed by atoms with E-state index in [4.69, 9.17) is 4.74 Å². The van der Waals surface area contributed by atoms with Gasteiger partial charge in [-0.2, -0.15) is 0 Å². The number of likely N-dealkylation sites (N-methyl/N-ethyl adjacent to an activating group) is 1. The number of nitrogens with one attached hydrogen (secondary N) is 1. The second-order valence-corrected chi connectivity index (χ2v) is 5.83. The monoisotopic (exact) mass is 267 g/mol. The van der Waals surface area contributed by atoms with Crippen molar-refractivity contribution in [3.63, 3.8) is 0 Å². The zero-order valence-electron chi connectivity index (χ0n) is 13.0. The van der Waals surface area contributed by atoms with Crippen molar-refractivity contribution in [3.8, 4) is 0 Å². The van der Waals surface area contributed by atoms with Crippen LogP contribution >= 0.6 is 0 Å². The Morgan fingerprint density at radius 1 is 1.21 bits per heavy atom. The molecule has 0 aromatic heterocycles. The van der Waals surface area contributed by atoms with Crippen LogP contribution in [-0.4, -0.2) is 25.3 Å². The summed E-state index contributed by atoms with van der Waals surface area (Å²) in [7, 11) is 2.10. The maximum atomic E-state index is 6.22. The first kappa shape index (κ1) is 16.7. The summed E-state index contributed by atoms with van der Waals surface area (Å²) in [6.45, 7) is 6.76. The van der Waals surface area contributed by atoms with Crippen molar-refractivity contribution in [2.45, 2.75) is 82.8 Å². The Kier molecular flexibility index (Phi) is 8.40. The molecule has 2 heteroatoms. The standard InChI is InChI=1S/C17H33NO/c1-4-6-7-8-10-13-16(18-3)17(19-5-2)14-11-9-12-15-17/h4,16,18H,1,5-15H2,2-3H3. The molecule has 1 saturated carbocycles. The first-order valence-corrected chi connectivity index (χ1v) is 8.21. The highest BCUT2D eigenvalue weighted by Crippen LogP contribution is 2.36. The fourth-order valence-electron chi connectivity index (χ4n) is 3.52. The number of hydrogen-bond donors (Lipinski definition) is 1. The van der Waals surface area contributed by atoms with Crippen molar-refractivity contribution in [2.24, 2.45) is 0 Å². The van der Waals surface area contributed by atoms with Crippen LogP contribution in [0.5, 0.6) is 0 Å². The SMILES string of the molecule is C=CCCCCCC(NC)C1(OCC)CCCCC1. The molecule has 0 spiro atoms. The van der Waals surface area contributed by atoms with E-state index in [1.165, 1.54) is 57.8 Å². The van der Waals surface area contributed by atoms with E-state index >= 15 is 0 Å². The van der Waals surface area contributed by atoms with E-state index in [0.717, 1.165) is 13.0 Å². The number of allylic oxidation sites excluding steroid dienone is 1. The summed E-state index contributed by atoms with van der Waals surface area (Å²) in [4.78, 5) is 0. The molecule has 1 aliphatic rings. The van der Waals surface area contributed by atoms with Crippen LogP contribution in [0.25, 0.3) is 0 Å². The van der Waals surface area contributed by atoms with Crippen molar-refractivity contribution in [2.75, 3.05) is 13.7 Å². The molecule has 0 aromatic carbocycles. The Bertz CT molecular complexity index is 228. The van der Waals surface area contributed by atoms with E-state index < -0.39 is 0 Å². The number of rotatable bonds is 10. The topological polar surface area (TPSA) is 21.3 Å². The largest absolute Gasteiger partial charge is 0.374 e. The van der Waals surface area contributed by atoms with E-state index in [1.807, 2.05) is 6.08 Å². The van der Waals surface area contributed by atoms with Gasteiger partial charge in [-0.15, -0.1) is 6.58 Å². The summed E-state index contributed by atoms with van der Waals surface area (Å²) in [5, 5.41) is 3.54. The van der Waals surface area contributed by atoms with Crippen LogP contribution in [-0.2, 0) is 4.74 Å². The predicted octanol–water partition coefficient (Wildman–Crippen LogP) is 4.45. The van der Waals surface area contributed by atoms with Crippen LogP contribution in [0, 0.1) is 0 Å². The zero-order chi connectivity index (χ0) is 14.0. The summed E-state index contributed by atoms with van der Waals surface area (Å²) >= 11 is 0. The van der Waals surface area contributed by atoms with Gasteiger partial charge in [0.1, 0.15) is 0 Å². The zero-order valence-corrected chi connectivity index (χ0v) is 13.0. The average molecular weight is 267 g/mol. The molecule has 19 heavy (non-hydrogen) atoms. The van der Waals surface area contributed by atoms with Gasteiger partial charge in [-0.3, -0.25) is 0 Å². The van der Waals surface area contributed by atoms with Crippen LogP contribution in [0.3, 0.4) is 0 Å². The molecule has 0 amide bonds. The van der Waals surface area contributed by atoms with Crippen molar-refractivity contribution in [1.29, 1.82) is 0 Å². The van der Waals surface area contributed by atoms with Gasteiger partial charge in [-0.1, -0.05) is 38.2 Å². The molecule has 1 N–H and O–H groups in total. The Morgan fingerprint density at radius 3 is 2.53 bits per heavy atom. The molecule has 0 saturated heterocycles. The van der Waals surface area contributed by atoms with E-state index in [0.29, 0.717) is 6.04 Å². The number of unbranched alkanes of at least 4 members (excludes halogenated alkanes) is 3. The van der Waals surface area contributed by atoms with Crippen LogP contribution in [0.15, 0.2) is 12.7 Å². The minimum absolute atomic E-state index is 0.111. The van der Waals surface area contributed by atoms with Crippen LogP contribution < -0.4 is 5.32 Å². The van der Waals surface area contributed by atoms with Gasteiger partial charge in [0.2, 0.25) is 0 Å². The van der Waals surface area contributed by atoms with E-state index in [2.05, 4.69) is 25.9 Å². The maximum absolute atomic E-state index is 6.22. The summed E-state index contributed by atoms with van der Waals surface area (Å²) in [5.41, 5.74) is 0.111. The quantitative estimate of drug-likeness (QED) is 0.466. The molecule has 1 fully saturated rings. The molecule has 112 valence electrons. The predicted molar refractivity (Wildman–Crippen MR) is 83.6 cm³/mol. The Hall–Kier alpha value is -0.340. The molecule has 1 unspecified atom stereocenters. The van der Waals surface area contributed by atoms with Crippen molar-refractivity contribution < 1.29 is 4.74 Å². The minimum atomic E-state index is 0.111. The van der Waals surface area contributed by atoms with Gasteiger partial charge >= 0.3 is 0 Å². The molecule has 1 rings (SSSR count). The summed E-state index contributed by atoms with van der Waals surface area (Å²) in [6.07, 6.45) is 14.8. The van der Waals surface area contributed by atoms with E-state index in [9.17, 15) is 0 Å². The summed E-state index contributed by atoms with van der Waals surface area (Å²) in [6, 6.07) is 0.525. The molecule has 0 radical (unpaired) electrons. The lowest BCUT2D eigenvalue weighted by Crippen LogP contribution is -2.52.